The van der Waals surface area contributed by atoms with E-state index in [0.29, 0.717) is 11.3 Å². The van der Waals surface area contributed by atoms with Crippen LogP contribution in [0.5, 0.6) is 0 Å². The minimum absolute atomic E-state index is 0.280. The summed E-state index contributed by atoms with van der Waals surface area (Å²) in [5.41, 5.74) is 1.22. The van der Waals surface area contributed by atoms with Gasteiger partial charge in [-0.2, -0.15) is 0 Å². The summed E-state index contributed by atoms with van der Waals surface area (Å²) in [5, 5.41) is 11.0. The second-order valence-electron chi connectivity index (χ2n) is 4.42. The number of aromatic nitrogens is 3. The van der Waals surface area contributed by atoms with Crippen molar-refractivity contribution in [2.24, 2.45) is 0 Å². The Balaban J connectivity index is 2.11. The topological polar surface area (TPSA) is 103 Å². The van der Waals surface area contributed by atoms with Gasteiger partial charge in [0, 0.05) is 12.4 Å². The molecule has 0 aliphatic heterocycles. The summed E-state index contributed by atoms with van der Waals surface area (Å²) in [7, 11) is 1.49. The molecule has 2 heterocycles. The average molecular weight is 283 g/mol. The van der Waals surface area contributed by atoms with Gasteiger partial charge in [0.05, 0.1) is 11.2 Å². The van der Waals surface area contributed by atoms with E-state index in [-0.39, 0.29) is 11.4 Å². The number of nitrogens with zero attached hydrogens (tertiary/aromatic N) is 1. The van der Waals surface area contributed by atoms with Gasteiger partial charge in [0.2, 0.25) is 0 Å². The molecule has 21 heavy (non-hydrogen) atoms. The van der Waals surface area contributed by atoms with E-state index in [9.17, 15) is 9.59 Å². The highest BCUT2D eigenvalue weighted by molar-refractivity contribution is 5.92. The number of pyridine rings is 1. The summed E-state index contributed by atoms with van der Waals surface area (Å²) < 4.78 is 0. The van der Waals surface area contributed by atoms with E-state index in [4.69, 9.17) is 0 Å². The number of hydrogen-bond donors (Lipinski definition) is 4. The first-order chi connectivity index (χ1) is 10.2. The fourth-order valence-corrected chi connectivity index (χ4v) is 2.08. The average Bonchev–Trinajstić information content (AvgIpc) is 2.87. The Morgan fingerprint density at radius 3 is 2.76 bits per heavy atom. The Labute approximate surface area is 119 Å². The number of aromatic amines is 2. The highest BCUT2D eigenvalue weighted by Gasteiger charge is 2.15. The molecular formula is C14H13N5O2. The van der Waals surface area contributed by atoms with Crippen molar-refractivity contribution in [2.45, 2.75) is 0 Å². The summed E-state index contributed by atoms with van der Waals surface area (Å²) in [5.74, 6) is 0.280. The van der Waals surface area contributed by atoms with Gasteiger partial charge in [0.15, 0.2) is 0 Å². The molecule has 0 saturated heterocycles. The molecule has 0 aliphatic carbocycles. The third-order valence-electron chi connectivity index (χ3n) is 3.10. The van der Waals surface area contributed by atoms with Crippen molar-refractivity contribution in [3.8, 4) is 11.3 Å². The Hall–Kier alpha value is -3.09. The maximum Gasteiger partial charge on any atom is 0.320 e. The van der Waals surface area contributed by atoms with Crippen LogP contribution in [0, 0.1) is 0 Å². The normalized spacial score (nSPS) is 10.5. The highest BCUT2D eigenvalue weighted by atomic mass is 16.2. The summed E-state index contributed by atoms with van der Waals surface area (Å²) >= 11 is 0. The zero-order valence-corrected chi connectivity index (χ0v) is 11.2. The van der Waals surface area contributed by atoms with Gasteiger partial charge in [-0.3, -0.25) is 20.3 Å². The van der Waals surface area contributed by atoms with Crippen LogP contribution in [0.25, 0.3) is 22.2 Å². The lowest BCUT2D eigenvalue weighted by Gasteiger charge is -2.05. The van der Waals surface area contributed by atoms with Crippen LogP contribution in [0.4, 0.5) is 10.6 Å². The van der Waals surface area contributed by atoms with Crippen molar-refractivity contribution < 1.29 is 4.79 Å². The molecular weight excluding hydrogens is 270 g/mol. The summed E-state index contributed by atoms with van der Waals surface area (Å²) in [6, 6.07) is 10.8. The van der Waals surface area contributed by atoms with Gasteiger partial charge in [-0.25, -0.2) is 9.78 Å². The highest BCUT2D eigenvalue weighted by Crippen LogP contribution is 2.23. The van der Waals surface area contributed by atoms with E-state index in [1.807, 2.05) is 30.3 Å². The lowest BCUT2D eigenvalue weighted by atomic mass is 10.1. The minimum atomic E-state index is -0.424. The molecule has 7 heteroatoms. The van der Waals surface area contributed by atoms with Crippen LogP contribution in [-0.4, -0.2) is 28.3 Å². The van der Waals surface area contributed by atoms with Crippen LogP contribution >= 0.6 is 0 Å². The Bertz CT molecular complexity index is 865. The Kier molecular flexibility index (Phi) is 3.15. The number of nitrogens with one attached hydrogen (secondary N) is 4. The molecule has 0 unspecified atom stereocenters. The van der Waals surface area contributed by atoms with Crippen molar-refractivity contribution in [3.05, 3.63) is 46.8 Å². The molecule has 2 aromatic heterocycles. The van der Waals surface area contributed by atoms with Crippen LogP contribution < -0.4 is 16.2 Å². The molecule has 1 aromatic carbocycles. The molecule has 0 bridgehead atoms. The monoisotopic (exact) mass is 283 g/mol. The number of urea groups is 1. The molecule has 0 radical (unpaired) electrons. The molecule has 0 fully saturated rings. The second-order valence-corrected chi connectivity index (χ2v) is 4.42. The van der Waals surface area contributed by atoms with Crippen molar-refractivity contribution in [3.63, 3.8) is 0 Å². The van der Waals surface area contributed by atoms with Gasteiger partial charge in [-0.05, 0) is 12.1 Å². The number of carbonyl (C=O) groups is 1. The standard InChI is InChI=1S/C14H13N5O2/c1-15-14(21)17-12-11(13(20)19-18-12)10-7-6-8-4-2-3-5-9(8)16-10/h2-7H,1H3,(H4,15,17,18,19,20,21). The maximum absolute atomic E-state index is 11.9. The molecule has 3 rings (SSSR count). The summed E-state index contributed by atoms with van der Waals surface area (Å²) in [4.78, 5) is 27.8. The maximum atomic E-state index is 11.9. The molecule has 0 spiro atoms. The molecule has 0 aliphatic rings. The first kappa shape index (κ1) is 12.9. The van der Waals surface area contributed by atoms with Gasteiger partial charge < -0.3 is 5.32 Å². The van der Waals surface area contributed by atoms with Gasteiger partial charge in [0.1, 0.15) is 11.4 Å². The molecule has 2 amide bonds. The number of anilines is 1. The van der Waals surface area contributed by atoms with E-state index in [1.54, 1.807) is 6.07 Å². The molecule has 106 valence electrons. The second kappa shape index (κ2) is 5.12. The number of rotatable bonds is 2. The van der Waals surface area contributed by atoms with Gasteiger partial charge in [0.25, 0.3) is 5.56 Å². The first-order valence-electron chi connectivity index (χ1n) is 6.34. The van der Waals surface area contributed by atoms with E-state index >= 15 is 0 Å². The van der Waals surface area contributed by atoms with E-state index in [2.05, 4.69) is 25.8 Å². The number of benzene rings is 1. The zero-order valence-electron chi connectivity index (χ0n) is 11.2. The van der Waals surface area contributed by atoms with Gasteiger partial charge >= 0.3 is 6.03 Å². The lowest BCUT2D eigenvalue weighted by molar-refractivity contribution is 0.254. The molecule has 4 N–H and O–H groups in total. The fourth-order valence-electron chi connectivity index (χ4n) is 2.08. The van der Waals surface area contributed by atoms with Crippen LogP contribution in [0.2, 0.25) is 0 Å². The smallest absolute Gasteiger partial charge is 0.320 e. The van der Waals surface area contributed by atoms with E-state index < -0.39 is 6.03 Å². The number of hydrogen-bond acceptors (Lipinski definition) is 3. The van der Waals surface area contributed by atoms with Crippen LogP contribution in [0.15, 0.2) is 41.2 Å². The summed E-state index contributed by atoms with van der Waals surface area (Å²) in [6.07, 6.45) is 0. The largest absolute Gasteiger partial charge is 0.341 e. The van der Waals surface area contributed by atoms with Crippen LogP contribution in [0.1, 0.15) is 0 Å². The van der Waals surface area contributed by atoms with Crippen molar-refractivity contribution in [1.82, 2.24) is 20.5 Å². The number of para-hydroxylation sites is 1. The van der Waals surface area contributed by atoms with Crippen LogP contribution in [0.3, 0.4) is 0 Å². The van der Waals surface area contributed by atoms with Gasteiger partial charge in [-0.15, -0.1) is 0 Å². The number of H-pyrrole nitrogens is 2. The van der Waals surface area contributed by atoms with E-state index in [1.165, 1.54) is 7.05 Å². The van der Waals surface area contributed by atoms with Crippen molar-refractivity contribution >= 4 is 22.8 Å². The quantitative estimate of drug-likeness (QED) is 0.575. The summed E-state index contributed by atoms with van der Waals surface area (Å²) in [6.45, 7) is 0. The lowest BCUT2D eigenvalue weighted by Crippen LogP contribution is -2.25. The number of fused-ring (bicyclic) bond motifs is 1. The first-order valence-corrected chi connectivity index (χ1v) is 6.34. The van der Waals surface area contributed by atoms with Crippen molar-refractivity contribution in [2.75, 3.05) is 12.4 Å². The SMILES string of the molecule is CNC(=O)Nc1[nH][nH]c(=O)c1-c1ccc2ccccc2n1. The fraction of sp³-hybridized carbons (Fsp3) is 0.0714. The predicted molar refractivity (Wildman–Crippen MR) is 80.2 cm³/mol. The molecule has 7 nitrogen and oxygen atoms in total. The number of amides is 2. The third-order valence-corrected chi connectivity index (χ3v) is 3.10. The number of carbonyl (C=O) groups excluding carboxylic acids is 1. The minimum Gasteiger partial charge on any atom is -0.341 e. The zero-order chi connectivity index (χ0) is 14.8. The predicted octanol–water partition coefficient (Wildman–Crippen LogP) is 1.67. The molecule has 0 atom stereocenters. The van der Waals surface area contributed by atoms with Gasteiger partial charge in [-0.1, -0.05) is 24.3 Å². The Morgan fingerprint density at radius 1 is 1.14 bits per heavy atom. The Morgan fingerprint density at radius 2 is 1.95 bits per heavy atom. The third kappa shape index (κ3) is 2.36. The molecule has 0 saturated carbocycles. The van der Waals surface area contributed by atoms with E-state index in [0.717, 1.165) is 10.9 Å². The molecule has 3 aromatic rings. The van der Waals surface area contributed by atoms with Crippen molar-refractivity contribution in [1.29, 1.82) is 0 Å². The van der Waals surface area contributed by atoms with Crippen LogP contribution in [-0.2, 0) is 0 Å².